The summed E-state index contributed by atoms with van der Waals surface area (Å²) in [5, 5.41) is 3.13. The van der Waals surface area contributed by atoms with Crippen LogP contribution >= 0.6 is 0 Å². The van der Waals surface area contributed by atoms with Crippen LogP contribution in [-0.2, 0) is 6.54 Å². The minimum Gasteiger partial charge on any atom is -0.467 e. The maximum Gasteiger partial charge on any atom is 0.136 e. The Morgan fingerprint density at radius 1 is 1.40 bits per heavy atom. The molecule has 2 aromatic rings. The van der Waals surface area contributed by atoms with E-state index < -0.39 is 0 Å². The van der Waals surface area contributed by atoms with E-state index in [-0.39, 0.29) is 0 Å². The van der Waals surface area contributed by atoms with Gasteiger partial charge < -0.3 is 14.6 Å². The fourth-order valence-corrected chi connectivity index (χ4v) is 2.21. The van der Waals surface area contributed by atoms with Crippen LogP contribution in [0, 0.1) is 0 Å². The summed E-state index contributed by atoms with van der Waals surface area (Å²) < 4.78 is 5.43. The largest absolute Gasteiger partial charge is 0.467 e. The van der Waals surface area contributed by atoms with Crippen LogP contribution in [0.3, 0.4) is 0 Å². The fourth-order valence-electron chi connectivity index (χ4n) is 2.21. The van der Waals surface area contributed by atoms with Crippen LogP contribution in [-0.4, -0.2) is 23.6 Å². The second-order valence-electron chi connectivity index (χ2n) is 5.09. The number of aromatic nitrogens is 2. The SMILES string of the molecule is CCN(Cc1ccco1)c1cc(NC)nc(C2CC2)n1. The van der Waals surface area contributed by atoms with Crippen LogP contribution in [0.25, 0.3) is 0 Å². The van der Waals surface area contributed by atoms with Crippen molar-refractivity contribution in [2.45, 2.75) is 32.2 Å². The highest BCUT2D eigenvalue weighted by Gasteiger charge is 2.27. The number of furan rings is 1. The Bertz CT molecular complexity index is 563. The second kappa shape index (κ2) is 5.53. The summed E-state index contributed by atoms with van der Waals surface area (Å²) >= 11 is 0. The maximum absolute atomic E-state index is 5.43. The van der Waals surface area contributed by atoms with Crippen molar-refractivity contribution in [3.63, 3.8) is 0 Å². The molecule has 106 valence electrons. The quantitative estimate of drug-likeness (QED) is 0.876. The molecule has 0 saturated heterocycles. The first-order chi connectivity index (χ1) is 9.80. The number of rotatable bonds is 6. The van der Waals surface area contributed by atoms with Crippen molar-refractivity contribution in [3.05, 3.63) is 36.0 Å². The molecular weight excluding hydrogens is 252 g/mol. The van der Waals surface area contributed by atoms with Crippen LogP contribution in [0.1, 0.15) is 37.3 Å². The van der Waals surface area contributed by atoms with E-state index in [1.165, 1.54) is 12.8 Å². The molecule has 20 heavy (non-hydrogen) atoms. The summed E-state index contributed by atoms with van der Waals surface area (Å²) in [6.45, 7) is 3.74. The van der Waals surface area contributed by atoms with Crippen molar-refractivity contribution in [2.24, 2.45) is 0 Å². The molecule has 1 aliphatic carbocycles. The molecule has 5 nitrogen and oxygen atoms in total. The fraction of sp³-hybridized carbons (Fsp3) is 0.467. The van der Waals surface area contributed by atoms with Gasteiger partial charge in [-0.1, -0.05) is 0 Å². The van der Waals surface area contributed by atoms with Crippen molar-refractivity contribution in [1.82, 2.24) is 9.97 Å². The zero-order chi connectivity index (χ0) is 13.9. The molecule has 3 rings (SSSR count). The van der Waals surface area contributed by atoms with Crippen molar-refractivity contribution >= 4 is 11.6 Å². The van der Waals surface area contributed by atoms with Gasteiger partial charge in [0.2, 0.25) is 0 Å². The summed E-state index contributed by atoms with van der Waals surface area (Å²) in [6, 6.07) is 5.90. The number of nitrogens with zero attached hydrogens (tertiary/aromatic N) is 3. The Balaban J connectivity index is 1.87. The highest BCUT2D eigenvalue weighted by Crippen LogP contribution is 2.39. The van der Waals surface area contributed by atoms with Gasteiger partial charge in [0.05, 0.1) is 12.8 Å². The molecule has 0 aromatic carbocycles. The summed E-state index contributed by atoms with van der Waals surface area (Å²) in [7, 11) is 1.89. The molecule has 0 aliphatic heterocycles. The Morgan fingerprint density at radius 2 is 2.25 bits per heavy atom. The standard InChI is InChI=1S/C15H20N4O/c1-3-19(10-12-5-4-8-20-12)14-9-13(16-2)17-15(18-14)11-6-7-11/h4-5,8-9,11H,3,6-7,10H2,1-2H3,(H,16,17,18). The molecule has 5 heteroatoms. The predicted octanol–water partition coefficient (Wildman–Crippen LogP) is 3.02. The van der Waals surface area contributed by atoms with E-state index in [0.29, 0.717) is 5.92 Å². The molecule has 0 atom stereocenters. The molecule has 0 spiro atoms. The molecule has 0 radical (unpaired) electrons. The normalized spacial score (nSPS) is 14.3. The molecule has 1 saturated carbocycles. The van der Waals surface area contributed by atoms with E-state index in [1.807, 2.05) is 25.2 Å². The Hall–Kier alpha value is -2.04. The molecule has 0 unspecified atom stereocenters. The van der Waals surface area contributed by atoms with E-state index in [9.17, 15) is 0 Å². The molecule has 2 aromatic heterocycles. The van der Waals surface area contributed by atoms with Crippen LogP contribution in [0.5, 0.6) is 0 Å². The van der Waals surface area contributed by atoms with Gasteiger partial charge >= 0.3 is 0 Å². The third kappa shape index (κ3) is 2.76. The highest BCUT2D eigenvalue weighted by molar-refractivity contribution is 5.49. The zero-order valence-corrected chi connectivity index (χ0v) is 12.0. The smallest absolute Gasteiger partial charge is 0.136 e. The van der Waals surface area contributed by atoms with Crippen LogP contribution in [0.15, 0.2) is 28.9 Å². The second-order valence-corrected chi connectivity index (χ2v) is 5.09. The van der Waals surface area contributed by atoms with Gasteiger partial charge in [-0.15, -0.1) is 0 Å². The van der Waals surface area contributed by atoms with Crippen molar-refractivity contribution in [3.8, 4) is 0 Å². The van der Waals surface area contributed by atoms with E-state index in [4.69, 9.17) is 9.40 Å². The minimum absolute atomic E-state index is 0.546. The first-order valence-electron chi connectivity index (χ1n) is 7.14. The number of nitrogens with one attached hydrogen (secondary N) is 1. The molecule has 0 amide bonds. The van der Waals surface area contributed by atoms with E-state index >= 15 is 0 Å². The van der Waals surface area contributed by atoms with Gasteiger partial charge in [0.15, 0.2) is 0 Å². The molecule has 1 aliphatic rings. The lowest BCUT2D eigenvalue weighted by molar-refractivity contribution is 0.502. The van der Waals surface area contributed by atoms with E-state index in [0.717, 1.165) is 36.3 Å². The van der Waals surface area contributed by atoms with Gasteiger partial charge in [0.1, 0.15) is 23.2 Å². The summed E-state index contributed by atoms with van der Waals surface area (Å²) in [5.41, 5.74) is 0. The maximum atomic E-state index is 5.43. The summed E-state index contributed by atoms with van der Waals surface area (Å²) in [4.78, 5) is 11.5. The van der Waals surface area contributed by atoms with Crippen molar-refractivity contribution in [2.75, 3.05) is 23.8 Å². The number of anilines is 2. The van der Waals surface area contributed by atoms with Gasteiger partial charge in [-0.25, -0.2) is 9.97 Å². The van der Waals surface area contributed by atoms with E-state index in [2.05, 4.69) is 22.1 Å². The van der Waals surface area contributed by atoms with Crippen molar-refractivity contribution < 1.29 is 4.42 Å². The number of hydrogen-bond acceptors (Lipinski definition) is 5. The predicted molar refractivity (Wildman–Crippen MR) is 79.0 cm³/mol. The summed E-state index contributed by atoms with van der Waals surface area (Å²) in [6.07, 6.45) is 4.12. The third-order valence-corrected chi connectivity index (χ3v) is 3.56. The van der Waals surface area contributed by atoms with Gasteiger partial charge in [0, 0.05) is 25.6 Å². The molecule has 1 fully saturated rings. The van der Waals surface area contributed by atoms with Crippen LogP contribution < -0.4 is 10.2 Å². The van der Waals surface area contributed by atoms with E-state index in [1.54, 1.807) is 6.26 Å². The van der Waals surface area contributed by atoms with Gasteiger partial charge in [0.25, 0.3) is 0 Å². The third-order valence-electron chi connectivity index (χ3n) is 3.56. The average Bonchev–Trinajstić information content (AvgIpc) is 3.22. The Morgan fingerprint density at radius 3 is 2.85 bits per heavy atom. The van der Waals surface area contributed by atoms with Crippen LogP contribution in [0.2, 0.25) is 0 Å². The highest BCUT2D eigenvalue weighted by atomic mass is 16.3. The lowest BCUT2D eigenvalue weighted by Crippen LogP contribution is -2.23. The summed E-state index contributed by atoms with van der Waals surface area (Å²) in [5.74, 6) is 4.30. The van der Waals surface area contributed by atoms with Gasteiger partial charge in [-0.3, -0.25) is 0 Å². The zero-order valence-electron chi connectivity index (χ0n) is 12.0. The van der Waals surface area contributed by atoms with Gasteiger partial charge in [-0.05, 0) is 31.9 Å². The van der Waals surface area contributed by atoms with Gasteiger partial charge in [-0.2, -0.15) is 0 Å². The topological polar surface area (TPSA) is 54.2 Å². The molecule has 2 heterocycles. The monoisotopic (exact) mass is 272 g/mol. The molecular formula is C15H20N4O. The Kier molecular flexibility index (Phi) is 3.58. The lowest BCUT2D eigenvalue weighted by Gasteiger charge is -2.21. The average molecular weight is 272 g/mol. The molecule has 1 N–H and O–H groups in total. The lowest BCUT2D eigenvalue weighted by atomic mass is 10.3. The molecule has 0 bridgehead atoms. The first kappa shape index (κ1) is 13.0. The Labute approximate surface area is 119 Å². The van der Waals surface area contributed by atoms with Crippen LogP contribution in [0.4, 0.5) is 11.6 Å². The number of hydrogen-bond donors (Lipinski definition) is 1. The first-order valence-corrected chi connectivity index (χ1v) is 7.14. The minimum atomic E-state index is 0.546. The van der Waals surface area contributed by atoms with Crippen molar-refractivity contribution in [1.29, 1.82) is 0 Å².